The summed E-state index contributed by atoms with van der Waals surface area (Å²) in [6, 6.07) is 11.8. The maximum absolute atomic E-state index is 13.1. The van der Waals surface area contributed by atoms with E-state index in [0.717, 1.165) is 22.2 Å². The molecule has 0 aliphatic heterocycles. The van der Waals surface area contributed by atoms with E-state index in [2.05, 4.69) is 11.5 Å². The van der Waals surface area contributed by atoms with Crippen LogP contribution < -0.4 is 10.5 Å². The fraction of sp³-hybridized carbons (Fsp3) is 0.300. The Morgan fingerprint density at radius 3 is 2.50 bits per heavy atom. The predicted molar refractivity (Wildman–Crippen MR) is 104 cm³/mol. The van der Waals surface area contributed by atoms with Crippen LogP contribution >= 0.6 is 0 Å². The largest absolute Gasteiger partial charge is 0.497 e. The van der Waals surface area contributed by atoms with Crippen LogP contribution in [0.5, 0.6) is 5.75 Å². The highest BCUT2D eigenvalue weighted by atomic mass is 32.2. The molecule has 0 spiro atoms. The molecule has 0 amide bonds. The molecule has 138 valence electrons. The highest BCUT2D eigenvalue weighted by Crippen LogP contribution is 2.34. The van der Waals surface area contributed by atoms with Crippen molar-refractivity contribution in [3.8, 4) is 5.75 Å². The molecular formula is C20H24N2O3S. The van der Waals surface area contributed by atoms with Crippen molar-refractivity contribution >= 4 is 20.7 Å². The molecule has 0 aliphatic carbocycles. The molecule has 0 saturated heterocycles. The molecule has 3 rings (SSSR count). The average Bonchev–Trinajstić information content (AvgIpc) is 2.91. The Hall–Kier alpha value is -2.31. The van der Waals surface area contributed by atoms with Gasteiger partial charge in [-0.25, -0.2) is 8.42 Å². The quantitative estimate of drug-likeness (QED) is 0.745. The second-order valence-electron chi connectivity index (χ2n) is 6.56. The zero-order chi connectivity index (χ0) is 19.1. The van der Waals surface area contributed by atoms with Gasteiger partial charge >= 0.3 is 0 Å². The van der Waals surface area contributed by atoms with Crippen LogP contribution in [0.2, 0.25) is 0 Å². The van der Waals surface area contributed by atoms with Crippen LogP contribution in [0.15, 0.2) is 52.3 Å². The Morgan fingerprint density at radius 1 is 1.15 bits per heavy atom. The minimum absolute atomic E-state index is 0.147. The molecule has 1 heterocycles. The minimum atomic E-state index is -3.64. The van der Waals surface area contributed by atoms with Gasteiger partial charge in [-0.15, -0.1) is 0 Å². The van der Waals surface area contributed by atoms with Gasteiger partial charge in [0.05, 0.1) is 16.9 Å². The first kappa shape index (κ1) is 18.5. The van der Waals surface area contributed by atoms with E-state index in [-0.39, 0.29) is 15.7 Å². The number of hydrogen-bond acceptors (Lipinski definition) is 4. The van der Waals surface area contributed by atoms with E-state index >= 15 is 0 Å². The summed E-state index contributed by atoms with van der Waals surface area (Å²) in [6.07, 6.45) is 0. The van der Waals surface area contributed by atoms with Crippen molar-refractivity contribution in [2.75, 3.05) is 13.7 Å². The second kappa shape index (κ2) is 6.78. The number of methoxy groups -OCH3 is 1. The monoisotopic (exact) mass is 372 g/mol. The van der Waals surface area contributed by atoms with Crippen molar-refractivity contribution < 1.29 is 13.2 Å². The lowest BCUT2D eigenvalue weighted by atomic mass is 9.98. The molecule has 0 saturated carbocycles. The van der Waals surface area contributed by atoms with Gasteiger partial charge in [-0.1, -0.05) is 13.0 Å². The number of rotatable bonds is 5. The Labute approximate surface area is 154 Å². The fourth-order valence-corrected chi connectivity index (χ4v) is 4.71. The number of hydrogen-bond donors (Lipinski definition) is 1. The van der Waals surface area contributed by atoms with E-state index in [1.165, 1.54) is 7.11 Å². The number of nitrogens with two attached hydrogens (primary N) is 1. The van der Waals surface area contributed by atoms with Gasteiger partial charge in [-0.05, 0) is 61.3 Å². The standard InChI is InChI=1S/C20H24N2O3S/c1-13(12-21)20-14(2)22(3)19-9-8-17(11-18(19)20)26(23,24)16-7-5-6-15(10-16)25-4/h5-11,13H,12,21H2,1-4H3. The first-order chi connectivity index (χ1) is 12.3. The molecule has 0 bridgehead atoms. The zero-order valence-corrected chi connectivity index (χ0v) is 16.3. The summed E-state index contributed by atoms with van der Waals surface area (Å²) in [5, 5.41) is 0.937. The molecular weight excluding hydrogens is 348 g/mol. The molecule has 2 N–H and O–H groups in total. The molecule has 5 nitrogen and oxygen atoms in total. The van der Waals surface area contributed by atoms with E-state index < -0.39 is 9.84 Å². The summed E-state index contributed by atoms with van der Waals surface area (Å²) >= 11 is 0. The SMILES string of the molecule is COc1cccc(S(=O)(=O)c2ccc3c(c2)c(C(C)CN)c(C)n3C)c1. The Morgan fingerprint density at radius 2 is 1.85 bits per heavy atom. The normalized spacial score (nSPS) is 13.1. The van der Waals surface area contributed by atoms with E-state index in [1.807, 2.05) is 20.0 Å². The lowest BCUT2D eigenvalue weighted by molar-refractivity contribution is 0.413. The predicted octanol–water partition coefficient (Wildman–Crippen LogP) is 3.39. The van der Waals surface area contributed by atoms with Gasteiger partial charge < -0.3 is 15.0 Å². The first-order valence-electron chi connectivity index (χ1n) is 8.49. The van der Waals surface area contributed by atoms with E-state index in [0.29, 0.717) is 12.3 Å². The van der Waals surface area contributed by atoms with Crippen LogP contribution in [0, 0.1) is 6.92 Å². The third kappa shape index (κ3) is 2.89. The molecule has 0 radical (unpaired) electrons. The summed E-state index contributed by atoms with van der Waals surface area (Å²) in [6.45, 7) is 4.61. The highest BCUT2D eigenvalue weighted by Gasteiger charge is 2.22. The number of sulfone groups is 1. The number of benzene rings is 2. The Kier molecular flexibility index (Phi) is 4.82. The van der Waals surface area contributed by atoms with Gasteiger partial charge in [-0.2, -0.15) is 0 Å². The lowest BCUT2D eigenvalue weighted by Gasteiger charge is -2.10. The summed E-state index contributed by atoms with van der Waals surface area (Å²) in [5.41, 5.74) is 9.09. The number of nitrogens with zero attached hydrogens (tertiary/aromatic N) is 1. The number of ether oxygens (including phenoxy) is 1. The van der Waals surface area contributed by atoms with Gasteiger partial charge in [0.25, 0.3) is 0 Å². The summed E-state index contributed by atoms with van der Waals surface area (Å²) in [5.74, 6) is 0.661. The molecule has 0 fully saturated rings. The van der Waals surface area contributed by atoms with E-state index in [9.17, 15) is 8.42 Å². The smallest absolute Gasteiger partial charge is 0.206 e. The van der Waals surface area contributed by atoms with Crippen molar-refractivity contribution in [2.24, 2.45) is 12.8 Å². The van der Waals surface area contributed by atoms with Crippen LogP contribution in [-0.2, 0) is 16.9 Å². The van der Waals surface area contributed by atoms with Gasteiger partial charge in [0.15, 0.2) is 0 Å². The second-order valence-corrected chi connectivity index (χ2v) is 8.51. The number of aromatic nitrogens is 1. The van der Waals surface area contributed by atoms with Crippen LogP contribution in [0.25, 0.3) is 10.9 Å². The van der Waals surface area contributed by atoms with Gasteiger partial charge in [0.2, 0.25) is 9.84 Å². The van der Waals surface area contributed by atoms with E-state index in [1.54, 1.807) is 36.4 Å². The number of fused-ring (bicyclic) bond motifs is 1. The molecule has 0 aliphatic rings. The summed E-state index contributed by atoms with van der Waals surface area (Å²) < 4.78 is 33.4. The maximum atomic E-state index is 13.1. The van der Waals surface area contributed by atoms with Gasteiger partial charge in [0.1, 0.15) is 5.75 Å². The van der Waals surface area contributed by atoms with Crippen LogP contribution in [0.1, 0.15) is 24.1 Å². The van der Waals surface area contributed by atoms with Crippen molar-refractivity contribution in [1.29, 1.82) is 0 Å². The molecule has 1 unspecified atom stereocenters. The van der Waals surface area contributed by atoms with Crippen molar-refractivity contribution in [2.45, 2.75) is 29.6 Å². The molecule has 26 heavy (non-hydrogen) atoms. The molecule has 1 atom stereocenters. The Balaban J connectivity index is 2.22. The van der Waals surface area contributed by atoms with Crippen LogP contribution in [-0.4, -0.2) is 26.6 Å². The van der Waals surface area contributed by atoms with Gasteiger partial charge in [0, 0.05) is 23.6 Å². The fourth-order valence-electron chi connectivity index (χ4n) is 3.39. The zero-order valence-electron chi connectivity index (χ0n) is 15.5. The van der Waals surface area contributed by atoms with Crippen LogP contribution in [0.4, 0.5) is 0 Å². The summed E-state index contributed by atoms with van der Waals surface area (Å²) in [4.78, 5) is 0.492. The minimum Gasteiger partial charge on any atom is -0.497 e. The summed E-state index contributed by atoms with van der Waals surface area (Å²) in [7, 11) is -0.131. The molecule has 2 aromatic carbocycles. The Bertz CT molecular complexity index is 1070. The lowest BCUT2D eigenvalue weighted by Crippen LogP contribution is -2.10. The average molecular weight is 372 g/mol. The van der Waals surface area contributed by atoms with Gasteiger partial charge in [-0.3, -0.25) is 0 Å². The maximum Gasteiger partial charge on any atom is 0.206 e. The molecule has 3 aromatic rings. The molecule has 1 aromatic heterocycles. The first-order valence-corrected chi connectivity index (χ1v) is 9.97. The third-order valence-corrected chi connectivity index (χ3v) is 6.77. The topological polar surface area (TPSA) is 74.3 Å². The number of aryl methyl sites for hydroxylation is 1. The third-order valence-electron chi connectivity index (χ3n) is 5.02. The highest BCUT2D eigenvalue weighted by molar-refractivity contribution is 7.91. The van der Waals surface area contributed by atoms with Crippen molar-refractivity contribution in [3.05, 3.63) is 53.7 Å². The van der Waals surface area contributed by atoms with Crippen molar-refractivity contribution in [3.63, 3.8) is 0 Å². The molecule has 6 heteroatoms. The van der Waals surface area contributed by atoms with Crippen molar-refractivity contribution in [1.82, 2.24) is 4.57 Å². The van der Waals surface area contributed by atoms with Crippen LogP contribution in [0.3, 0.4) is 0 Å². The van der Waals surface area contributed by atoms with E-state index in [4.69, 9.17) is 10.5 Å².